The van der Waals surface area contributed by atoms with Gasteiger partial charge in [-0.3, -0.25) is 9.36 Å². The lowest BCUT2D eigenvalue weighted by Crippen LogP contribution is -2.44. The number of aryl methyl sites for hydroxylation is 1. The normalized spacial score (nSPS) is 11.5. The number of alkyl halides is 3. The quantitative estimate of drug-likeness (QED) is 0.790. The Morgan fingerprint density at radius 2 is 1.94 bits per heavy atom. The maximum absolute atomic E-state index is 12.1. The third-order valence-electron chi connectivity index (χ3n) is 1.90. The molecule has 1 aromatic rings. The van der Waals surface area contributed by atoms with E-state index in [0.717, 1.165) is 7.05 Å². The molecule has 0 aliphatic heterocycles. The third-order valence-corrected chi connectivity index (χ3v) is 1.90. The molecule has 1 aromatic heterocycles. The first kappa shape index (κ1) is 13.0. The van der Waals surface area contributed by atoms with E-state index in [1.807, 2.05) is 0 Å². The van der Waals surface area contributed by atoms with E-state index in [1.165, 1.54) is 0 Å². The smallest absolute Gasteiger partial charge is 0.406 e. The number of aromatic nitrogens is 2. The van der Waals surface area contributed by atoms with E-state index in [4.69, 9.17) is 5.11 Å². The van der Waals surface area contributed by atoms with Crippen LogP contribution in [0.25, 0.3) is 0 Å². The Labute approximate surface area is 91.5 Å². The summed E-state index contributed by atoms with van der Waals surface area (Å²) in [4.78, 5) is 33.2. The van der Waals surface area contributed by atoms with E-state index in [2.05, 4.69) is 0 Å². The highest BCUT2D eigenvalue weighted by Crippen LogP contribution is 2.15. The SMILES string of the molecule is Cn1cc(C(=O)O)c(=O)n(CC(F)(F)F)c1=O. The van der Waals surface area contributed by atoms with Crippen LogP contribution in [0.4, 0.5) is 13.2 Å². The molecule has 0 atom stereocenters. The van der Waals surface area contributed by atoms with Gasteiger partial charge in [0, 0.05) is 13.2 Å². The van der Waals surface area contributed by atoms with Gasteiger partial charge in [-0.1, -0.05) is 0 Å². The highest BCUT2D eigenvalue weighted by atomic mass is 19.4. The number of halogens is 3. The van der Waals surface area contributed by atoms with E-state index in [-0.39, 0.29) is 4.57 Å². The molecule has 0 aliphatic rings. The summed E-state index contributed by atoms with van der Waals surface area (Å²) in [6.07, 6.45) is -4.10. The summed E-state index contributed by atoms with van der Waals surface area (Å²) >= 11 is 0. The van der Waals surface area contributed by atoms with E-state index < -0.39 is 35.5 Å². The number of nitrogens with zero attached hydrogens (tertiary/aromatic N) is 2. The number of carboxylic acid groups (broad SMARTS) is 1. The zero-order valence-electron chi connectivity index (χ0n) is 8.48. The molecule has 0 bridgehead atoms. The van der Waals surface area contributed by atoms with Crippen LogP contribution in [0, 0.1) is 0 Å². The number of aromatic carboxylic acids is 1. The summed E-state index contributed by atoms with van der Waals surface area (Å²) in [5.74, 6) is -1.69. The van der Waals surface area contributed by atoms with Gasteiger partial charge in [0.1, 0.15) is 12.1 Å². The fourth-order valence-electron chi connectivity index (χ4n) is 1.19. The minimum absolute atomic E-state index is 0.163. The molecular formula is C8H7F3N2O4. The van der Waals surface area contributed by atoms with Crippen LogP contribution >= 0.6 is 0 Å². The van der Waals surface area contributed by atoms with Crippen LogP contribution in [0.15, 0.2) is 15.8 Å². The molecule has 6 nitrogen and oxygen atoms in total. The van der Waals surface area contributed by atoms with E-state index >= 15 is 0 Å². The first-order chi connectivity index (χ1) is 7.63. The molecule has 1 heterocycles. The Hall–Kier alpha value is -2.06. The zero-order valence-corrected chi connectivity index (χ0v) is 8.48. The lowest BCUT2D eigenvalue weighted by molar-refractivity contribution is -0.142. The number of carbonyl (C=O) groups is 1. The molecule has 0 aromatic carbocycles. The molecule has 17 heavy (non-hydrogen) atoms. The Morgan fingerprint density at radius 1 is 1.41 bits per heavy atom. The Morgan fingerprint density at radius 3 is 2.35 bits per heavy atom. The molecular weight excluding hydrogens is 245 g/mol. The van der Waals surface area contributed by atoms with Crippen molar-refractivity contribution < 1.29 is 23.1 Å². The van der Waals surface area contributed by atoms with Crippen LogP contribution in [0.1, 0.15) is 10.4 Å². The minimum Gasteiger partial charge on any atom is -0.477 e. The van der Waals surface area contributed by atoms with Gasteiger partial charge in [-0.25, -0.2) is 9.59 Å². The van der Waals surface area contributed by atoms with Crippen molar-refractivity contribution in [1.29, 1.82) is 0 Å². The maximum atomic E-state index is 12.1. The van der Waals surface area contributed by atoms with Crippen LogP contribution in [0.3, 0.4) is 0 Å². The van der Waals surface area contributed by atoms with Crippen molar-refractivity contribution in [2.45, 2.75) is 12.7 Å². The summed E-state index contributed by atoms with van der Waals surface area (Å²) < 4.78 is 36.8. The summed E-state index contributed by atoms with van der Waals surface area (Å²) in [5.41, 5.74) is -3.59. The van der Waals surface area contributed by atoms with Crippen molar-refractivity contribution in [3.63, 3.8) is 0 Å². The second-order valence-electron chi connectivity index (χ2n) is 3.25. The van der Waals surface area contributed by atoms with Crippen LogP contribution in [-0.2, 0) is 13.6 Å². The van der Waals surface area contributed by atoms with Gasteiger partial charge in [-0.2, -0.15) is 13.2 Å². The van der Waals surface area contributed by atoms with Gasteiger partial charge in [0.2, 0.25) is 0 Å². The molecule has 94 valence electrons. The molecule has 1 N–H and O–H groups in total. The first-order valence-corrected chi connectivity index (χ1v) is 4.24. The molecule has 0 fully saturated rings. The Balaban J connectivity index is 3.54. The second-order valence-corrected chi connectivity index (χ2v) is 3.25. The predicted molar refractivity (Wildman–Crippen MR) is 49.0 cm³/mol. The predicted octanol–water partition coefficient (Wildman–Crippen LogP) is -0.193. The molecule has 0 amide bonds. The number of hydrogen-bond donors (Lipinski definition) is 1. The summed E-state index contributed by atoms with van der Waals surface area (Å²) in [6.45, 7) is -1.82. The Kier molecular flexibility index (Phi) is 3.12. The summed E-state index contributed by atoms with van der Waals surface area (Å²) in [5, 5.41) is 8.59. The van der Waals surface area contributed by atoms with Gasteiger partial charge in [-0.15, -0.1) is 0 Å². The monoisotopic (exact) mass is 252 g/mol. The highest BCUT2D eigenvalue weighted by Gasteiger charge is 2.31. The second kappa shape index (κ2) is 4.07. The van der Waals surface area contributed by atoms with Crippen LogP contribution in [0.2, 0.25) is 0 Å². The zero-order chi connectivity index (χ0) is 13.4. The minimum atomic E-state index is -4.78. The molecule has 0 unspecified atom stereocenters. The molecule has 9 heteroatoms. The number of hydrogen-bond acceptors (Lipinski definition) is 3. The molecule has 0 saturated heterocycles. The van der Waals surface area contributed by atoms with Gasteiger partial charge in [0.05, 0.1) is 0 Å². The molecule has 0 aliphatic carbocycles. The average Bonchev–Trinajstić information content (AvgIpc) is 2.16. The van der Waals surface area contributed by atoms with Crippen LogP contribution in [0.5, 0.6) is 0 Å². The highest BCUT2D eigenvalue weighted by molar-refractivity contribution is 5.86. The van der Waals surface area contributed by atoms with Crippen LogP contribution in [-0.4, -0.2) is 26.4 Å². The van der Waals surface area contributed by atoms with Crippen molar-refractivity contribution in [3.05, 3.63) is 32.6 Å². The summed E-state index contributed by atoms with van der Waals surface area (Å²) in [6, 6.07) is 0. The summed E-state index contributed by atoms with van der Waals surface area (Å²) in [7, 11) is 1.06. The standard InChI is InChI=1S/C8H7F3N2O4/c1-12-2-4(6(15)16)5(14)13(7(12)17)3-8(9,10)11/h2H,3H2,1H3,(H,15,16). The van der Waals surface area contributed by atoms with Gasteiger partial charge >= 0.3 is 17.8 Å². The van der Waals surface area contributed by atoms with E-state index in [0.29, 0.717) is 10.8 Å². The van der Waals surface area contributed by atoms with Gasteiger partial charge < -0.3 is 9.67 Å². The van der Waals surface area contributed by atoms with Crippen molar-refractivity contribution >= 4 is 5.97 Å². The van der Waals surface area contributed by atoms with E-state index in [9.17, 15) is 27.6 Å². The van der Waals surface area contributed by atoms with Crippen LogP contribution < -0.4 is 11.2 Å². The first-order valence-electron chi connectivity index (χ1n) is 4.24. The number of rotatable bonds is 2. The van der Waals surface area contributed by atoms with Crippen molar-refractivity contribution in [1.82, 2.24) is 9.13 Å². The van der Waals surface area contributed by atoms with Gasteiger partial charge in [0.15, 0.2) is 0 Å². The van der Waals surface area contributed by atoms with Gasteiger partial charge in [-0.05, 0) is 0 Å². The van der Waals surface area contributed by atoms with E-state index in [1.54, 1.807) is 0 Å². The largest absolute Gasteiger partial charge is 0.477 e. The lowest BCUT2D eigenvalue weighted by Gasteiger charge is -2.10. The van der Waals surface area contributed by atoms with Crippen molar-refractivity contribution in [3.8, 4) is 0 Å². The van der Waals surface area contributed by atoms with Crippen molar-refractivity contribution in [2.75, 3.05) is 0 Å². The molecule has 1 rings (SSSR count). The molecule has 0 saturated carbocycles. The molecule has 0 radical (unpaired) electrons. The molecule has 0 spiro atoms. The van der Waals surface area contributed by atoms with Gasteiger partial charge in [0.25, 0.3) is 5.56 Å². The fraction of sp³-hybridized carbons (Fsp3) is 0.375. The van der Waals surface area contributed by atoms with Crippen molar-refractivity contribution in [2.24, 2.45) is 7.05 Å². The fourth-order valence-corrected chi connectivity index (χ4v) is 1.19. The topological polar surface area (TPSA) is 81.3 Å². The number of carboxylic acids is 1. The average molecular weight is 252 g/mol. The Bertz CT molecular complexity index is 570. The maximum Gasteiger partial charge on any atom is 0.406 e. The third kappa shape index (κ3) is 2.74. The lowest BCUT2D eigenvalue weighted by atomic mass is 10.3.